The third-order valence-corrected chi connectivity index (χ3v) is 6.16. The minimum Gasteiger partial charge on any atom is -0.311 e. The Hall–Kier alpha value is -0.130. The molecule has 0 aromatic carbocycles. The molecule has 2 unspecified atom stereocenters. The highest BCUT2D eigenvalue weighted by atomic mass is 32.2. The summed E-state index contributed by atoms with van der Waals surface area (Å²) in [4.78, 5) is 2.54. The zero-order chi connectivity index (χ0) is 13.3. The first-order valence-electron chi connectivity index (χ1n) is 7.08. The van der Waals surface area contributed by atoms with Gasteiger partial charge < -0.3 is 5.32 Å². The first kappa shape index (κ1) is 14.3. The van der Waals surface area contributed by atoms with E-state index in [4.69, 9.17) is 0 Å². The van der Waals surface area contributed by atoms with Crippen LogP contribution in [0, 0.1) is 5.92 Å². The van der Waals surface area contributed by atoms with Gasteiger partial charge in [0.15, 0.2) is 0 Å². The molecule has 1 N–H and O–H groups in total. The smallest absolute Gasteiger partial charge is 0.150 e. The maximum atomic E-state index is 11.5. The lowest BCUT2D eigenvalue weighted by Crippen LogP contribution is -2.60. The molecule has 0 amide bonds. The van der Waals surface area contributed by atoms with Crippen molar-refractivity contribution in [3.05, 3.63) is 0 Å². The van der Waals surface area contributed by atoms with Crippen molar-refractivity contribution in [3.63, 3.8) is 0 Å². The van der Waals surface area contributed by atoms with Gasteiger partial charge in [0.05, 0.1) is 11.5 Å². The monoisotopic (exact) mass is 274 g/mol. The first-order valence-corrected chi connectivity index (χ1v) is 8.91. The van der Waals surface area contributed by atoms with E-state index in [1.54, 1.807) is 0 Å². The molecule has 0 radical (unpaired) electrons. The van der Waals surface area contributed by atoms with Crippen molar-refractivity contribution in [1.82, 2.24) is 10.2 Å². The lowest BCUT2D eigenvalue weighted by molar-refractivity contribution is 0.0728. The van der Waals surface area contributed by atoms with Gasteiger partial charge in [-0.05, 0) is 25.7 Å². The normalized spacial score (nSPS) is 34.9. The van der Waals surface area contributed by atoms with Crippen molar-refractivity contribution in [1.29, 1.82) is 0 Å². The van der Waals surface area contributed by atoms with Gasteiger partial charge >= 0.3 is 0 Å². The van der Waals surface area contributed by atoms with E-state index in [9.17, 15) is 8.42 Å². The lowest BCUT2D eigenvalue weighted by atomic mass is 9.97. The van der Waals surface area contributed by atoms with Crippen LogP contribution in [0.2, 0.25) is 0 Å². The summed E-state index contributed by atoms with van der Waals surface area (Å²) in [5, 5.41) is 3.59. The average molecular weight is 274 g/mol. The minimum absolute atomic E-state index is 0.376. The Bertz CT molecular complexity index is 366. The lowest BCUT2D eigenvalue weighted by Gasteiger charge is -2.45. The highest BCUT2D eigenvalue weighted by Crippen LogP contribution is 2.23. The predicted molar refractivity (Wildman–Crippen MR) is 74.5 cm³/mol. The summed E-state index contributed by atoms with van der Waals surface area (Å²) in [6.07, 6.45) is 1.63. The highest BCUT2D eigenvalue weighted by molar-refractivity contribution is 7.91. The molecule has 0 bridgehead atoms. The molecule has 2 atom stereocenters. The van der Waals surface area contributed by atoms with Gasteiger partial charge in [-0.25, -0.2) is 8.42 Å². The molecule has 5 heteroatoms. The van der Waals surface area contributed by atoms with E-state index in [1.165, 1.54) is 0 Å². The molecule has 2 aliphatic rings. The number of nitrogens with zero attached hydrogens (tertiary/aromatic N) is 1. The molecular formula is C13H26N2O2S. The summed E-state index contributed by atoms with van der Waals surface area (Å²) >= 11 is 0. The van der Waals surface area contributed by atoms with Gasteiger partial charge in [0, 0.05) is 31.2 Å². The van der Waals surface area contributed by atoms with Crippen LogP contribution in [0.3, 0.4) is 0 Å². The molecule has 2 fully saturated rings. The van der Waals surface area contributed by atoms with E-state index >= 15 is 0 Å². The summed E-state index contributed by atoms with van der Waals surface area (Å²) in [5.74, 6) is 1.38. The molecule has 2 rings (SSSR count). The molecule has 0 aromatic rings. The molecule has 2 saturated heterocycles. The van der Waals surface area contributed by atoms with Gasteiger partial charge in [-0.3, -0.25) is 4.90 Å². The van der Waals surface area contributed by atoms with Crippen LogP contribution in [0.15, 0.2) is 0 Å². The van der Waals surface area contributed by atoms with E-state index in [0.29, 0.717) is 35.5 Å². The molecule has 18 heavy (non-hydrogen) atoms. The minimum atomic E-state index is -2.74. The third-order valence-electron chi connectivity index (χ3n) is 4.45. The summed E-state index contributed by atoms with van der Waals surface area (Å²) in [6.45, 7) is 8.82. The fourth-order valence-corrected chi connectivity index (χ4v) is 4.54. The fourth-order valence-electron chi connectivity index (χ4n) is 3.08. The van der Waals surface area contributed by atoms with Crippen molar-refractivity contribution in [2.45, 2.75) is 51.7 Å². The predicted octanol–water partition coefficient (Wildman–Crippen LogP) is 0.882. The molecular weight excluding hydrogens is 248 g/mol. The van der Waals surface area contributed by atoms with E-state index in [-0.39, 0.29) is 0 Å². The number of rotatable bonds is 2. The highest BCUT2D eigenvalue weighted by Gasteiger charge is 2.34. The largest absolute Gasteiger partial charge is 0.311 e. The van der Waals surface area contributed by atoms with Crippen molar-refractivity contribution >= 4 is 9.84 Å². The Morgan fingerprint density at radius 3 is 2.39 bits per heavy atom. The van der Waals surface area contributed by atoms with Crippen molar-refractivity contribution in [2.75, 3.05) is 24.6 Å². The van der Waals surface area contributed by atoms with E-state index < -0.39 is 9.84 Å². The third kappa shape index (κ3) is 3.25. The van der Waals surface area contributed by atoms with Gasteiger partial charge in [0.2, 0.25) is 0 Å². The van der Waals surface area contributed by atoms with Crippen LogP contribution in [0.25, 0.3) is 0 Å². The van der Waals surface area contributed by atoms with Crippen LogP contribution in [-0.4, -0.2) is 56.0 Å². The Morgan fingerprint density at radius 1 is 1.22 bits per heavy atom. The van der Waals surface area contributed by atoms with Gasteiger partial charge in [-0.15, -0.1) is 0 Å². The van der Waals surface area contributed by atoms with E-state index in [1.807, 2.05) is 0 Å². The molecule has 0 saturated carbocycles. The Kier molecular flexibility index (Phi) is 4.34. The maximum absolute atomic E-state index is 11.5. The van der Waals surface area contributed by atoms with Crippen molar-refractivity contribution in [2.24, 2.45) is 5.92 Å². The standard InChI is InChI=1S/C13H26N2O2S/c1-10(2)13-9-15(11(3)8-14-13)12-4-6-18(16,17)7-5-12/h10-14H,4-9H2,1-3H3. The van der Waals surface area contributed by atoms with Crippen LogP contribution in [-0.2, 0) is 9.84 Å². The topological polar surface area (TPSA) is 49.4 Å². The van der Waals surface area contributed by atoms with E-state index in [0.717, 1.165) is 25.9 Å². The summed E-state index contributed by atoms with van der Waals surface area (Å²) in [7, 11) is -2.74. The molecule has 2 heterocycles. The fraction of sp³-hybridized carbons (Fsp3) is 1.00. The maximum Gasteiger partial charge on any atom is 0.150 e. The molecule has 0 aliphatic carbocycles. The summed E-state index contributed by atoms with van der Waals surface area (Å²) in [5.41, 5.74) is 0. The van der Waals surface area contributed by atoms with Crippen molar-refractivity contribution < 1.29 is 8.42 Å². The Labute approximate surface area is 111 Å². The van der Waals surface area contributed by atoms with Crippen LogP contribution in [0.1, 0.15) is 33.6 Å². The van der Waals surface area contributed by atoms with Crippen LogP contribution in [0.4, 0.5) is 0 Å². The van der Waals surface area contributed by atoms with Crippen molar-refractivity contribution in [3.8, 4) is 0 Å². The van der Waals surface area contributed by atoms with Gasteiger partial charge in [-0.1, -0.05) is 13.8 Å². The van der Waals surface area contributed by atoms with Crippen LogP contribution < -0.4 is 5.32 Å². The second-order valence-electron chi connectivity index (χ2n) is 6.19. The summed E-state index contributed by atoms with van der Waals surface area (Å²) in [6, 6.07) is 1.53. The van der Waals surface area contributed by atoms with Gasteiger partial charge in [-0.2, -0.15) is 0 Å². The number of sulfone groups is 1. The number of hydrogen-bond donors (Lipinski definition) is 1. The second-order valence-corrected chi connectivity index (χ2v) is 8.49. The van der Waals surface area contributed by atoms with E-state index in [2.05, 4.69) is 31.0 Å². The molecule has 0 spiro atoms. The molecule has 0 aromatic heterocycles. The number of piperazine rings is 1. The number of nitrogens with one attached hydrogen (secondary N) is 1. The van der Waals surface area contributed by atoms with Crippen LogP contribution >= 0.6 is 0 Å². The molecule has 106 valence electrons. The second kappa shape index (κ2) is 5.47. The summed E-state index contributed by atoms with van der Waals surface area (Å²) < 4.78 is 23.0. The SMILES string of the molecule is CC(C)C1CN(C2CCS(=O)(=O)CC2)C(C)CN1. The van der Waals surface area contributed by atoms with Gasteiger partial charge in [0.25, 0.3) is 0 Å². The molecule has 4 nitrogen and oxygen atoms in total. The first-order chi connectivity index (χ1) is 8.39. The average Bonchev–Trinajstić information content (AvgIpc) is 2.30. The Morgan fingerprint density at radius 2 is 1.83 bits per heavy atom. The zero-order valence-corrected chi connectivity index (χ0v) is 12.5. The number of hydrogen-bond acceptors (Lipinski definition) is 4. The van der Waals surface area contributed by atoms with Gasteiger partial charge in [0.1, 0.15) is 9.84 Å². The Balaban J connectivity index is 1.98. The quantitative estimate of drug-likeness (QED) is 0.812. The molecule has 2 aliphatic heterocycles. The zero-order valence-electron chi connectivity index (χ0n) is 11.7. The van der Waals surface area contributed by atoms with Crippen LogP contribution in [0.5, 0.6) is 0 Å².